The van der Waals surface area contributed by atoms with E-state index in [1.165, 1.54) is 6.92 Å². The summed E-state index contributed by atoms with van der Waals surface area (Å²) in [6, 6.07) is 4.99. The molecule has 0 spiro atoms. The number of sulfone groups is 1. The molecule has 0 N–H and O–H groups in total. The summed E-state index contributed by atoms with van der Waals surface area (Å²) in [7, 11) is -2.88. The number of hydrogen-bond donors (Lipinski definition) is 0. The van der Waals surface area contributed by atoms with Crippen LogP contribution in [0.15, 0.2) is 18.2 Å². The Morgan fingerprint density at radius 3 is 2.37 bits per heavy atom. The molecule has 0 saturated carbocycles. The molecule has 1 aromatic rings. The first kappa shape index (κ1) is 13.9. The van der Waals surface area contributed by atoms with Crippen LogP contribution < -0.4 is 0 Å². The second-order valence-electron chi connectivity index (χ2n) is 5.16. The number of carbonyl (C=O) groups excluding carboxylic acids is 2. The van der Waals surface area contributed by atoms with Crippen molar-refractivity contribution < 1.29 is 18.0 Å². The minimum atomic E-state index is -2.88. The molecule has 0 aliphatic carbocycles. The molecule has 1 aromatic carbocycles. The minimum Gasteiger partial charge on any atom is -0.295 e. The van der Waals surface area contributed by atoms with Gasteiger partial charge < -0.3 is 0 Å². The van der Waals surface area contributed by atoms with Crippen LogP contribution >= 0.6 is 0 Å². The van der Waals surface area contributed by atoms with Crippen LogP contribution in [0, 0.1) is 12.8 Å². The zero-order valence-electron chi connectivity index (χ0n) is 11.0. The van der Waals surface area contributed by atoms with Gasteiger partial charge in [0, 0.05) is 17.5 Å². The van der Waals surface area contributed by atoms with E-state index in [1.807, 2.05) is 0 Å². The SMILES string of the molecule is CC(=O)c1ccc(C(=O)CC2CS(=O)(=O)C2)c(C)c1. The summed E-state index contributed by atoms with van der Waals surface area (Å²) in [5, 5.41) is 0. The average molecular weight is 280 g/mol. The molecule has 1 aliphatic heterocycles. The van der Waals surface area contributed by atoms with Gasteiger partial charge in [-0.3, -0.25) is 9.59 Å². The van der Waals surface area contributed by atoms with Gasteiger partial charge in [-0.05, 0) is 31.4 Å². The van der Waals surface area contributed by atoms with Crippen molar-refractivity contribution in [1.29, 1.82) is 0 Å². The molecule has 1 fully saturated rings. The number of carbonyl (C=O) groups is 2. The Labute approximate surface area is 112 Å². The highest BCUT2D eigenvalue weighted by Crippen LogP contribution is 2.24. The number of rotatable bonds is 4. The van der Waals surface area contributed by atoms with Crippen LogP contribution in [-0.4, -0.2) is 31.5 Å². The van der Waals surface area contributed by atoms with Crippen LogP contribution in [0.3, 0.4) is 0 Å². The van der Waals surface area contributed by atoms with Crippen molar-refractivity contribution in [3.8, 4) is 0 Å². The Bertz CT molecular complexity index is 631. The summed E-state index contributed by atoms with van der Waals surface area (Å²) < 4.78 is 22.1. The first-order valence-electron chi connectivity index (χ1n) is 6.14. The Morgan fingerprint density at radius 2 is 1.89 bits per heavy atom. The zero-order valence-corrected chi connectivity index (χ0v) is 11.8. The molecule has 1 aliphatic rings. The Morgan fingerprint density at radius 1 is 1.26 bits per heavy atom. The molecule has 1 saturated heterocycles. The van der Waals surface area contributed by atoms with Gasteiger partial charge in [-0.2, -0.15) is 0 Å². The number of ketones is 2. The van der Waals surface area contributed by atoms with Crippen molar-refractivity contribution in [2.24, 2.45) is 5.92 Å². The first-order valence-corrected chi connectivity index (χ1v) is 7.96. The summed E-state index contributed by atoms with van der Waals surface area (Å²) in [5.41, 5.74) is 1.93. The summed E-state index contributed by atoms with van der Waals surface area (Å²) in [6.07, 6.45) is 0.263. The lowest BCUT2D eigenvalue weighted by Gasteiger charge is -2.25. The highest BCUT2D eigenvalue weighted by Gasteiger charge is 2.34. The first-order chi connectivity index (χ1) is 8.78. The predicted molar refractivity (Wildman–Crippen MR) is 72.3 cm³/mol. The molecule has 0 atom stereocenters. The second kappa shape index (κ2) is 4.89. The van der Waals surface area contributed by atoms with Gasteiger partial charge in [0.1, 0.15) is 0 Å². The third-order valence-corrected chi connectivity index (χ3v) is 5.35. The van der Waals surface area contributed by atoms with Crippen LogP contribution in [0.5, 0.6) is 0 Å². The third kappa shape index (κ3) is 3.10. The van der Waals surface area contributed by atoms with E-state index in [1.54, 1.807) is 25.1 Å². The normalized spacial score (nSPS) is 17.8. The van der Waals surface area contributed by atoms with Crippen LogP contribution in [0.2, 0.25) is 0 Å². The summed E-state index contributed by atoms with van der Waals surface area (Å²) in [5.74, 6) is 0.0937. The summed E-state index contributed by atoms with van der Waals surface area (Å²) in [4.78, 5) is 23.3. The summed E-state index contributed by atoms with van der Waals surface area (Å²) in [6.45, 7) is 3.27. The highest BCUT2D eigenvalue weighted by molar-refractivity contribution is 7.92. The molecule has 0 radical (unpaired) electrons. The predicted octanol–water partition coefficient (Wildman–Crippen LogP) is 1.82. The minimum absolute atomic E-state index is 0.0350. The van der Waals surface area contributed by atoms with E-state index >= 15 is 0 Å². The maximum Gasteiger partial charge on any atom is 0.163 e. The van der Waals surface area contributed by atoms with Crippen molar-refractivity contribution in [1.82, 2.24) is 0 Å². The monoisotopic (exact) mass is 280 g/mol. The number of aryl methyl sites for hydroxylation is 1. The summed E-state index contributed by atoms with van der Waals surface area (Å²) >= 11 is 0. The highest BCUT2D eigenvalue weighted by atomic mass is 32.2. The zero-order chi connectivity index (χ0) is 14.2. The van der Waals surface area contributed by atoms with E-state index in [-0.39, 0.29) is 35.4 Å². The fourth-order valence-corrected chi connectivity index (χ4v) is 3.93. The molecule has 19 heavy (non-hydrogen) atoms. The number of benzene rings is 1. The maximum absolute atomic E-state index is 12.1. The molecular formula is C14H16O4S. The van der Waals surface area contributed by atoms with Gasteiger partial charge in [-0.25, -0.2) is 8.42 Å². The van der Waals surface area contributed by atoms with E-state index in [9.17, 15) is 18.0 Å². The molecule has 0 bridgehead atoms. The van der Waals surface area contributed by atoms with Gasteiger partial charge in [-0.15, -0.1) is 0 Å². The van der Waals surface area contributed by atoms with E-state index in [0.29, 0.717) is 11.1 Å². The number of hydrogen-bond acceptors (Lipinski definition) is 4. The standard InChI is InChI=1S/C14H16O4S/c1-9-5-12(10(2)15)3-4-13(9)14(16)6-11-7-19(17,18)8-11/h3-5,11H,6-8H2,1-2H3. The smallest absolute Gasteiger partial charge is 0.163 e. The largest absolute Gasteiger partial charge is 0.295 e. The molecule has 1 heterocycles. The lowest BCUT2D eigenvalue weighted by atomic mass is 9.95. The molecular weight excluding hydrogens is 264 g/mol. The molecule has 2 rings (SSSR count). The van der Waals surface area contributed by atoms with E-state index < -0.39 is 9.84 Å². The fraction of sp³-hybridized carbons (Fsp3) is 0.429. The third-order valence-electron chi connectivity index (χ3n) is 3.39. The molecule has 0 amide bonds. The van der Waals surface area contributed by atoms with Crippen molar-refractivity contribution in [3.05, 3.63) is 34.9 Å². The molecule has 4 nitrogen and oxygen atoms in total. The van der Waals surface area contributed by atoms with Crippen molar-refractivity contribution in [2.75, 3.05) is 11.5 Å². The van der Waals surface area contributed by atoms with Gasteiger partial charge in [0.05, 0.1) is 11.5 Å². The van der Waals surface area contributed by atoms with Gasteiger partial charge in [0.2, 0.25) is 0 Å². The van der Waals surface area contributed by atoms with Crippen molar-refractivity contribution >= 4 is 21.4 Å². The van der Waals surface area contributed by atoms with Gasteiger partial charge in [0.25, 0.3) is 0 Å². The lowest BCUT2D eigenvalue weighted by molar-refractivity contribution is 0.0963. The lowest BCUT2D eigenvalue weighted by Crippen LogP contribution is -2.37. The van der Waals surface area contributed by atoms with E-state index in [4.69, 9.17) is 0 Å². The van der Waals surface area contributed by atoms with Crippen molar-refractivity contribution in [2.45, 2.75) is 20.3 Å². The Kier molecular flexibility index (Phi) is 3.58. The van der Waals surface area contributed by atoms with Gasteiger partial charge in [0.15, 0.2) is 21.4 Å². The van der Waals surface area contributed by atoms with E-state index in [0.717, 1.165) is 5.56 Å². The van der Waals surface area contributed by atoms with Crippen molar-refractivity contribution in [3.63, 3.8) is 0 Å². The Balaban J connectivity index is 2.10. The van der Waals surface area contributed by atoms with Crippen LogP contribution in [0.4, 0.5) is 0 Å². The van der Waals surface area contributed by atoms with Crippen LogP contribution in [0.25, 0.3) is 0 Å². The topological polar surface area (TPSA) is 68.3 Å². The van der Waals surface area contributed by atoms with E-state index in [2.05, 4.69) is 0 Å². The molecule has 0 aromatic heterocycles. The average Bonchev–Trinajstić information content (AvgIpc) is 2.25. The quantitative estimate of drug-likeness (QED) is 0.789. The second-order valence-corrected chi connectivity index (χ2v) is 7.31. The van der Waals surface area contributed by atoms with Gasteiger partial charge in [-0.1, -0.05) is 12.1 Å². The Hall–Kier alpha value is -1.49. The van der Waals surface area contributed by atoms with Crippen LogP contribution in [0.1, 0.15) is 39.6 Å². The molecule has 102 valence electrons. The maximum atomic E-state index is 12.1. The molecule has 5 heteroatoms. The van der Waals surface area contributed by atoms with Gasteiger partial charge >= 0.3 is 0 Å². The molecule has 0 unspecified atom stereocenters. The number of Topliss-reactive ketones (excluding diaryl/α,β-unsaturated/α-hetero) is 2. The fourth-order valence-electron chi connectivity index (χ4n) is 2.35. The van der Waals surface area contributed by atoms with Crippen LogP contribution in [-0.2, 0) is 9.84 Å².